The van der Waals surface area contributed by atoms with E-state index in [2.05, 4.69) is 5.43 Å². The molecule has 0 aromatic heterocycles. The van der Waals surface area contributed by atoms with Gasteiger partial charge in [0.05, 0.1) is 11.3 Å². The van der Waals surface area contributed by atoms with E-state index in [1.165, 1.54) is 18.4 Å². The first-order valence-electron chi connectivity index (χ1n) is 6.93. The lowest BCUT2D eigenvalue weighted by Gasteiger charge is -2.34. The van der Waals surface area contributed by atoms with Crippen molar-refractivity contribution in [2.45, 2.75) is 37.0 Å². The highest BCUT2D eigenvalue weighted by Crippen LogP contribution is 2.37. The number of hydrogen-bond donors (Lipinski definition) is 2. The van der Waals surface area contributed by atoms with Gasteiger partial charge in [-0.2, -0.15) is 0 Å². The van der Waals surface area contributed by atoms with Gasteiger partial charge in [0, 0.05) is 16.8 Å². The van der Waals surface area contributed by atoms with Crippen LogP contribution in [0.4, 0.5) is 4.39 Å². The molecule has 3 atom stereocenters. The molecule has 0 aliphatic heterocycles. The number of nitrogens with one attached hydrogen (secondary N) is 1. The van der Waals surface area contributed by atoms with E-state index in [0.29, 0.717) is 23.4 Å². The SMILES string of the molecule is CS(=O)(=O)C1CCCC(C(NN)c2cc(Cl)ccc2F)C1. The summed E-state index contributed by atoms with van der Waals surface area (Å²) in [5, 5.41) is 0.0523. The van der Waals surface area contributed by atoms with Crippen LogP contribution < -0.4 is 11.3 Å². The number of sulfone groups is 1. The second kappa shape index (κ2) is 6.60. The fourth-order valence-electron chi connectivity index (χ4n) is 3.11. The highest BCUT2D eigenvalue weighted by Gasteiger charge is 2.34. The molecule has 2 rings (SSSR count). The molecule has 1 aromatic rings. The predicted octanol–water partition coefficient (Wildman–Crippen LogP) is 2.59. The molecule has 118 valence electrons. The first-order chi connectivity index (χ1) is 9.82. The molecule has 1 fully saturated rings. The Balaban J connectivity index is 2.27. The zero-order chi connectivity index (χ0) is 15.6. The molecule has 3 N–H and O–H groups in total. The third kappa shape index (κ3) is 3.94. The minimum Gasteiger partial charge on any atom is -0.271 e. The second-order valence-corrected chi connectivity index (χ2v) is 8.45. The van der Waals surface area contributed by atoms with Gasteiger partial charge in [0.15, 0.2) is 0 Å². The van der Waals surface area contributed by atoms with Crippen LogP contribution in [0.15, 0.2) is 18.2 Å². The number of halogens is 2. The zero-order valence-electron chi connectivity index (χ0n) is 11.9. The van der Waals surface area contributed by atoms with Crippen molar-refractivity contribution in [1.82, 2.24) is 5.43 Å². The molecule has 0 saturated heterocycles. The van der Waals surface area contributed by atoms with E-state index >= 15 is 0 Å². The minimum atomic E-state index is -3.09. The average molecular weight is 335 g/mol. The Morgan fingerprint density at radius 1 is 1.43 bits per heavy atom. The van der Waals surface area contributed by atoms with Gasteiger partial charge in [-0.1, -0.05) is 18.0 Å². The highest BCUT2D eigenvalue weighted by atomic mass is 35.5. The summed E-state index contributed by atoms with van der Waals surface area (Å²) in [6, 6.07) is 3.90. The van der Waals surface area contributed by atoms with Gasteiger partial charge in [-0.15, -0.1) is 0 Å². The van der Waals surface area contributed by atoms with Crippen LogP contribution in [0.2, 0.25) is 5.02 Å². The summed E-state index contributed by atoms with van der Waals surface area (Å²) in [4.78, 5) is 0. The minimum absolute atomic E-state index is 0.0311. The first kappa shape index (κ1) is 16.7. The summed E-state index contributed by atoms with van der Waals surface area (Å²) in [7, 11) is -3.09. The molecule has 1 aliphatic rings. The molecule has 0 radical (unpaired) electrons. The Labute approximate surface area is 129 Å². The molecule has 1 saturated carbocycles. The van der Waals surface area contributed by atoms with Gasteiger partial charge >= 0.3 is 0 Å². The van der Waals surface area contributed by atoms with E-state index < -0.39 is 15.9 Å². The van der Waals surface area contributed by atoms with Gasteiger partial charge in [-0.25, -0.2) is 12.8 Å². The molecule has 0 heterocycles. The van der Waals surface area contributed by atoms with Crippen molar-refractivity contribution in [3.8, 4) is 0 Å². The van der Waals surface area contributed by atoms with Crippen molar-refractivity contribution in [2.75, 3.05) is 6.26 Å². The maximum Gasteiger partial charge on any atom is 0.150 e. The molecular weight excluding hydrogens is 315 g/mol. The quantitative estimate of drug-likeness (QED) is 0.655. The summed E-state index contributed by atoms with van der Waals surface area (Å²) >= 11 is 5.93. The van der Waals surface area contributed by atoms with Gasteiger partial charge in [0.25, 0.3) is 0 Å². The molecule has 21 heavy (non-hydrogen) atoms. The molecule has 1 aliphatic carbocycles. The van der Waals surface area contributed by atoms with Gasteiger partial charge in [-0.05, 0) is 43.4 Å². The fraction of sp³-hybridized carbons (Fsp3) is 0.571. The van der Waals surface area contributed by atoms with E-state index in [-0.39, 0.29) is 17.0 Å². The van der Waals surface area contributed by atoms with Crippen LogP contribution in [0, 0.1) is 11.7 Å². The summed E-state index contributed by atoms with van der Waals surface area (Å²) in [5.41, 5.74) is 3.03. The number of hydrazine groups is 1. The number of rotatable bonds is 4. The summed E-state index contributed by atoms with van der Waals surface area (Å²) in [5.74, 6) is 5.18. The van der Waals surface area contributed by atoms with Crippen molar-refractivity contribution >= 4 is 21.4 Å². The fourth-order valence-corrected chi connectivity index (χ4v) is 4.48. The van der Waals surface area contributed by atoms with Gasteiger partial charge in [0.1, 0.15) is 15.7 Å². The maximum absolute atomic E-state index is 14.0. The zero-order valence-corrected chi connectivity index (χ0v) is 13.4. The third-order valence-electron chi connectivity index (χ3n) is 4.22. The maximum atomic E-state index is 14.0. The smallest absolute Gasteiger partial charge is 0.150 e. The highest BCUT2D eigenvalue weighted by molar-refractivity contribution is 7.91. The molecule has 3 unspecified atom stereocenters. The normalized spacial score (nSPS) is 24.8. The van der Waals surface area contributed by atoms with Crippen LogP contribution >= 0.6 is 11.6 Å². The Kier molecular flexibility index (Phi) is 5.24. The van der Waals surface area contributed by atoms with Crippen molar-refractivity contribution in [1.29, 1.82) is 0 Å². The summed E-state index contributed by atoms with van der Waals surface area (Å²) in [6.07, 6.45) is 4.00. The molecule has 0 spiro atoms. The second-order valence-electron chi connectivity index (χ2n) is 5.69. The Hall–Kier alpha value is -0.690. The third-order valence-corrected chi connectivity index (χ3v) is 6.09. The Morgan fingerprint density at radius 3 is 2.76 bits per heavy atom. The van der Waals surface area contributed by atoms with Crippen LogP contribution in [0.25, 0.3) is 0 Å². The number of hydrogen-bond acceptors (Lipinski definition) is 4. The number of benzene rings is 1. The van der Waals surface area contributed by atoms with E-state index in [1.807, 2.05) is 0 Å². The largest absolute Gasteiger partial charge is 0.271 e. The molecule has 0 bridgehead atoms. The van der Waals surface area contributed by atoms with Crippen molar-refractivity contribution in [2.24, 2.45) is 11.8 Å². The standard InChI is InChI=1S/C14H20ClFN2O2S/c1-21(19,20)11-4-2-3-9(7-11)14(18-17)12-8-10(15)5-6-13(12)16/h5-6,8-9,11,14,18H,2-4,7,17H2,1H3. The Bertz CT molecular complexity index is 609. The van der Waals surface area contributed by atoms with Crippen LogP contribution in [0.3, 0.4) is 0 Å². The summed E-state index contributed by atoms with van der Waals surface area (Å²) < 4.78 is 37.5. The molecule has 1 aromatic carbocycles. The lowest BCUT2D eigenvalue weighted by molar-refractivity contribution is 0.270. The van der Waals surface area contributed by atoms with E-state index in [1.54, 1.807) is 6.07 Å². The lowest BCUT2D eigenvalue weighted by atomic mass is 9.81. The van der Waals surface area contributed by atoms with Gasteiger partial charge < -0.3 is 0 Å². The van der Waals surface area contributed by atoms with Crippen molar-refractivity contribution in [3.63, 3.8) is 0 Å². The molecular formula is C14H20ClFN2O2S. The first-order valence-corrected chi connectivity index (χ1v) is 9.26. The molecule has 0 amide bonds. The summed E-state index contributed by atoms with van der Waals surface area (Å²) in [6.45, 7) is 0. The molecule has 7 heteroatoms. The van der Waals surface area contributed by atoms with Crippen LogP contribution in [0.5, 0.6) is 0 Å². The Morgan fingerprint density at radius 2 is 2.14 bits per heavy atom. The van der Waals surface area contributed by atoms with Gasteiger partial charge in [0.2, 0.25) is 0 Å². The predicted molar refractivity (Wildman–Crippen MR) is 82.1 cm³/mol. The topological polar surface area (TPSA) is 72.2 Å². The lowest BCUT2D eigenvalue weighted by Crippen LogP contribution is -2.38. The van der Waals surface area contributed by atoms with Crippen molar-refractivity contribution < 1.29 is 12.8 Å². The van der Waals surface area contributed by atoms with E-state index in [0.717, 1.165) is 12.8 Å². The van der Waals surface area contributed by atoms with E-state index in [4.69, 9.17) is 17.4 Å². The van der Waals surface area contributed by atoms with Crippen LogP contribution in [-0.2, 0) is 9.84 Å². The average Bonchev–Trinajstić information content (AvgIpc) is 2.43. The monoisotopic (exact) mass is 334 g/mol. The van der Waals surface area contributed by atoms with Crippen LogP contribution in [0.1, 0.15) is 37.3 Å². The van der Waals surface area contributed by atoms with Crippen molar-refractivity contribution in [3.05, 3.63) is 34.6 Å². The van der Waals surface area contributed by atoms with Crippen LogP contribution in [-0.4, -0.2) is 19.9 Å². The van der Waals surface area contributed by atoms with E-state index in [9.17, 15) is 12.8 Å². The molecule has 4 nitrogen and oxygen atoms in total. The number of nitrogens with two attached hydrogens (primary N) is 1. The van der Waals surface area contributed by atoms with Gasteiger partial charge in [-0.3, -0.25) is 11.3 Å².